The van der Waals surface area contributed by atoms with Crippen molar-refractivity contribution in [3.8, 4) is 0 Å². The van der Waals surface area contributed by atoms with Gasteiger partial charge in [0.05, 0.1) is 11.7 Å². The highest BCUT2D eigenvalue weighted by molar-refractivity contribution is 6.00. The Hall–Kier alpha value is -3.15. The quantitative estimate of drug-likeness (QED) is 0.772. The van der Waals surface area contributed by atoms with Crippen LogP contribution in [0.1, 0.15) is 22.0 Å². The van der Waals surface area contributed by atoms with Gasteiger partial charge in [-0.15, -0.1) is 0 Å². The molecule has 1 heterocycles. The topological polar surface area (TPSA) is 78.1 Å². The van der Waals surface area contributed by atoms with Gasteiger partial charge in [-0.3, -0.25) is 14.7 Å². The van der Waals surface area contributed by atoms with E-state index in [1.165, 1.54) is 4.90 Å². The van der Waals surface area contributed by atoms with Crippen LogP contribution in [0.25, 0.3) is 10.9 Å². The molecular formula is C18H18N4O2. The van der Waals surface area contributed by atoms with Crippen molar-refractivity contribution in [1.82, 2.24) is 20.4 Å². The average molecular weight is 322 g/mol. The number of carbonyl (C=O) groups is 2. The Balaban J connectivity index is 1.88. The molecule has 0 spiro atoms. The number of likely N-dealkylation sites (N-methyl/N-ethyl adjacent to an activating group) is 1. The zero-order valence-electron chi connectivity index (χ0n) is 13.5. The molecule has 2 amide bonds. The van der Waals surface area contributed by atoms with Crippen LogP contribution in [0, 0.1) is 0 Å². The number of hydrogen-bond donors (Lipinski definition) is 2. The molecule has 0 aliphatic carbocycles. The second-order valence-electron chi connectivity index (χ2n) is 5.72. The fourth-order valence-corrected chi connectivity index (χ4v) is 2.49. The van der Waals surface area contributed by atoms with Crippen molar-refractivity contribution < 1.29 is 9.59 Å². The van der Waals surface area contributed by atoms with Crippen LogP contribution in [0.3, 0.4) is 0 Å². The molecule has 2 aromatic carbocycles. The van der Waals surface area contributed by atoms with Gasteiger partial charge >= 0.3 is 0 Å². The Bertz CT molecular complexity index is 871. The van der Waals surface area contributed by atoms with Gasteiger partial charge in [0.25, 0.3) is 5.91 Å². The Morgan fingerprint density at radius 3 is 2.58 bits per heavy atom. The van der Waals surface area contributed by atoms with E-state index in [-0.39, 0.29) is 11.8 Å². The van der Waals surface area contributed by atoms with Crippen molar-refractivity contribution in [2.75, 3.05) is 14.1 Å². The van der Waals surface area contributed by atoms with Gasteiger partial charge in [0.1, 0.15) is 6.04 Å². The van der Waals surface area contributed by atoms with Gasteiger partial charge in [-0.25, -0.2) is 0 Å². The molecule has 0 aliphatic heterocycles. The smallest absolute Gasteiger partial charge is 0.252 e. The lowest BCUT2D eigenvalue weighted by Gasteiger charge is -2.22. The zero-order chi connectivity index (χ0) is 17.1. The van der Waals surface area contributed by atoms with E-state index >= 15 is 0 Å². The van der Waals surface area contributed by atoms with Crippen molar-refractivity contribution in [2.45, 2.75) is 6.04 Å². The van der Waals surface area contributed by atoms with Gasteiger partial charge in [-0.1, -0.05) is 30.3 Å². The number of nitrogens with zero attached hydrogens (tertiary/aromatic N) is 2. The molecule has 0 saturated carbocycles. The summed E-state index contributed by atoms with van der Waals surface area (Å²) in [4.78, 5) is 26.6. The molecule has 0 fully saturated rings. The summed E-state index contributed by atoms with van der Waals surface area (Å²) in [6.45, 7) is 0. The van der Waals surface area contributed by atoms with Gasteiger partial charge in [-0.05, 0) is 23.8 Å². The fraction of sp³-hybridized carbons (Fsp3) is 0.167. The van der Waals surface area contributed by atoms with E-state index < -0.39 is 6.04 Å². The van der Waals surface area contributed by atoms with Crippen LogP contribution in [0.4, 0.5) is 0 Å². The molecule has 0 bridgehead atoms. The summed E-state index contributed by atoms with van der Waals surface area (Å²) in [7, 11) is 3.34. The Morgan fingerprint density at radius 1 is 1.12 bits per heavy atom. The van der Waals surface area contributed by atoms with E-state index in [1.54, 1.807) is 38.5 Å². The number of carbonyl (C=O) groups excluding carboxylic acids is 2. The molecule has 24 heavy (non-hydrogen) atoms. The molecule has 2 N–H and O–H groups in total. The summed E-state index contributed by atoms with van der Waals surface area (Å²) in [6.07, 6.45) is 1.66. The number of aromatic amines is 1. The molecule has 3 rings (SSSR count). The Labute approximate surface area is 139 Å². The molecule has 6 nitrogen and oxygen atoms in total. The largest absolute Gasteiger partial charge is 0.347 e. The van der Waals surface area contributed by atoms with E-state index in [1.807, 2.05) is 30.3 Å². The monoisotopic (exact) mass is 322 g/mol. The number of H-pyrrole nitrogens is 1. The number of aromatic nitrogens is 2. The van der Waals surface area contributed by atoms with Gasteiger partial charge in [0.15, 0.2) is 0 Å². The molecule has 0 radical (unpaired) electrons. The summed E-state index contributed by atoms with van der Waals surface area (Å²) in [5, 5.41) is 10.5. The lowest BCUT2D eigenvalue weighted by Crippen LogP contribution is -2.39. The molecule has 1 aromatic heterocycles. The van der Waals surface area contributed by atoms with Crippen molar-refractivity contribution in [1.29, 1.82) is 0 Å². The minimum Gasteiger partial charge on any atom is -0.347 e. The van der Waals surface area contributed by atoms with Crippen molar-refractivity contribution in [3.63, 3.8) is 0 Å². The minimum atomic E-state index is -0.728. The van der Waals surface area contributed by atoms with Gasteiger partial charge < -0.3 is 10.2 Å². The maximum Gasteiger partial charge on any atom is 0.252 e. The predicted octanol–water partition coefficient (Wildman–Crippen LogP) is 2.12. The van der Waals surface area contributed by atoms with Crippen molar-refractivity contribution in [3.05, 3.63) is 65.9 Å². The van der Waals surface area contributed by atoms with E-state index in [0.717, 1.165) is 16.5 Å². The zero-order valence-corrected chi connectivity index (χ0v) is 13.5. The molecular weight excluding hydrogens is 304 g/mol. The lowest BCUT2D eigenvalue weighted by atomic mass is 10.0. The van der Waals surface area contributed by atoms with Gasteiger partial charge in [-0.2, -0.15) is 5.10 Å². The molecule has 0 aliphatic rings. The predicted molar refractivity (Wildman–Crippen MR) is 91.4 cm³/mol. The van der Waals surface area contributed by atoms with Crippen LogP contribution in [-0.4, -0.2) is 41.0 Å². The van der Waals surface area contributed by atoms with E-state index in [4.69, 9.17) is 0 Å². The summed E-state index contributed by atoms with van der Waals surface area (Å²) in [5.41, 5.74) is 2.08. The lowest BCUT2D eigenvalue weighted by molar-refractivity contribution is -0.130. The molecule has 6 heteroatoms. The first-order valence-corrected chi connectivity index (χ1v) is 7.56. The van der Waals surface area contributed by atoms with Crippen molar-refractivity contribution in [2.24, 2.45) is 0 Å². The second-order valence-corrected chi connectivity index (χ2v) is 5.72. The normalized spacial score (nSPS) is 11.9. The van der Waals surface area contributed by atoms with E-state index in [0.29, 0.717) is 5.56 Å². The molecule has 122 valence electrons. The first kappa shape index (κ1) is 15.7. The Kier molecular flexibility index (Phi) is 4.29. The van der Waals surface area contributed by atoms with Crippen molar-refractivity contribution >= 4 is 22.7 Å². The van der Waals surface area contributed by atoms with Gasteiger partial charge in [0.2, 0.25) is 5.91 Å². The van der Waals surface area contributed by atoms with E-state index in [9.17, 15) is 9.59 Å². The first-order valence-electron chi connectivity index (χ1n) is 7.56. The third kappa shape index (κ3) is 3.12. The minimum absolute atomic E-state index is 0.182. The number of benzene rings is 2. The van der Waals surface area contributed by atoms with Crippen LogP contribution in [0.5, 0.6) is 0 Å². The number of rotatable bonds is 4. The third-order valence-corrected chi connectivity index (χ3v) is 3.80. The van der Waals surface area contributed by atoms with E-state index in [2.05, 4.69) is 15.5 Å². The maximum absolute atomic E-state index is 12.6. The highest BCUT2D eigenvalue weighted by Gasteiger charge is 2.24. The Morgan fingerprint density at radius 2 is 1.88 bits per heavy atom. The number of hydrogen-bond acceptors (Lipinski definition) is 3. The highest BCUT2D eigenvalue weighted by atomic mass is 16.2. The molecule has 0 saturated heterocycles. The molecule has 1 atom stereocenters. The SMILES string of the molecule is CN(C)C(=O)C(NC(=O)c1ccc2[nH]ncc2c1)c1ccccc1. The summed E-state index contributed by atoms with van der Waals surface area (Å²) >= 11 is 0. The summed E-state index contributed by atoms with van der Waals surface area (Å²) < 4.78 is 0. The first-order chi connectivity index (χ1) is 11.6. The van der Waals surface area contributed by atoms with Crippen LogP contribution in [0.2, 0.25) is 0 Å². The van der Waals surface area contributed by atoms with Crippen LogP contribution in [-0.2, 0) is 4.79 Å². The van der Waals surface area contributed by atoms with Crippen LogP contribution in [0.15, 0.2) is 54.7 Å². The number of nitrogens with one attached hydrogen (secondary N) is 2. The van der Waals surface area contributed by atoms with Crippen LogP contribution >= 0.6 is 0 Å². The van der Waals surface area contributed by atoms with Gasteiger partial charge in [0, 0.05) is 25.0 Å². The summed E-state index contributed by atoms with van der Waals surface area (Å²) in [6, 6.07) is 13.7. The fourth-order valence-electron chi connectivity index (χ4n) is 2.49. The summed E-state index contributed by atoms with van der Waals surface area (Å²) in [5.74, 6) is -0.485. The third-order valence-electron chi connectivity index (χ3n) is 3.80. The highest BCUT2D eigenvalue weighted by Crippen LogP contribution is 2.17. The average Bonchev–Trinajstić information content (AvgIpc) is 3.07. The van der Waals surface area contributed by atoms with Crippen LogP contribution < -0.4 is 5.32 Å². The maximum atomic E-state index is 12.6. The second kappa shape index (κ2) is 6.54. The molecule has 1 unspecified atom stereocenters. The molecule has 3 aromatic rings. The number of amides is 2. The standard InChI is InChI=1S/C18H18N4O2/c1-22(2)18(24)16(12-6-4-3-5-7-12)20-17(23)13-8-9-15-14(10-13)11-19-21-15/h3-11,16H,1-2H3,(H,19,21)(H,20,23). The number of fused-ring (bicyclic) bond motifs is 1.